The fraction of sp³-hybridized carbons (Fsp3) is 0.381. The van der Waals surface area contributed by atoms with Crippen molar-refractivity contribution in [3.63, 3.8) is 0 Å². The summed E-state index contributed by atoms with van der Waals surface area (Å²) in [5, 5.41) is 5.29. The minimum absolute atomic E-state index is 0.00858. The number of likely N-dealkylation sites (N-methyl/N-ethyl adjacent to an activating group) is 1. The van der Waals surface area contributed by atoms with Gasteiger partial charge in [0.05, 0.1) is 27.7 Å². The van der Waals surface area contributed by atoms with Crippen LogP contribution >= 0.6 is 11.3 Å². The second kappa shape index (κ2) is 7.64. The van der Waals surface area contributed by atoms with Gasteiger partial charge in [0.2, 0.25) is 0 Å². The second-order valence-corrected chi connectivity index (χ2v) is 8.45. The molecule has 27 heavy (non-hydrogen) atoms. The first kappa shape index (κ1) is 19.3. The Morgan fingerprint density at radius 1 is 1.37 bits per heavy atom. The number of aromatic nitrogens is 3. The van der Waals surface area contributed by atoms with Gasteiger partial charge in [-0.2, -0.15) is 5.10 Å². The third-order valence-corrected chi connectivity index (χ3v) is 5.43. The minimum Gasteiger partial charge on any atom is -0.335 e. The number of thiophene rings is 1. The summed E-state index contributed by atoms with van der Waals surface area (Å²) in [5.41, 5.74) is 3.18. The van der Waals surface area contributed by atoms with Gasteiger partial charge in [0.15, 0.2) is 5.65 Å². The summed E-state index contributed by atoms with van der Waals surface area (Å²) in [7, 11) is 0. The lowest BCUT2D eigenvalue weighted by molar-refractivity contribution is 0.0780. The molecule has 0 N–H and O–H groups in total. The number of rotatable bonds is 6. The highest BCUT2D eigenvalue weighted by molar-refractivity contribution is 7.15. The number of fused-ring (bicyclic) bond motifs is 1. The van der Waals surface area contributed by atoms with Gasteiger partial charge in [0.25, 0.3) is 5.91 Å². The van der Waals surface area contributed by atoms with E-state index in [9.17, 15) is 4.79 Å². The smallest absolute Gasteiger partial charge is 0.255 e. The van der Waals surface area contributed by atoms with Gasteiger partial charge in [-0.3, -0.25) is 4.79 Å². The monoisotopic (exact) mass is 382 g/mol. The first-order valence-corrected chi connectivity index (χ1v) is 10.0. The molecule has 0 atom stereocenters. The van der Waals surface area contributed by atoms with Gasteiger partial charge >= 0.3 is 0 Å². The molecular formula is C21H26N4OS. The average Bonchev–Trinajstić information content (AvgIpc) is 3.24. The van der Waals surface area contributed by atoms with Crippen molar-refractivity contribution in [2.45, 2.75) is 40.7 Å². The van der Waals surface area contributed by atoms with E-state index >= 15 is 0 Å². The fourth-order valence-electron chi connectivity index (χ4n) is 3.09. The maximum absolute atomic E-state index is 13.3. The number of hydrogen-bond donors (Lipinski definition) is 0. The van der Waals surface area contributed by atoms with Crippen LogP contribution in [-0.2, 0) is 0 Å². The molecule has 0 aliphatic rings. The lowest BCUT2D eigenvalue weighted by atomic mass is 10.1. The van der Waals surface area contributed by atoms with Crippen molar-refractivity contribution in [2.75, 3.05) is 13.1 Å². The van der Waals surface area contributed by atoms with E-state index in [2.05, 4.69) is 44.6 Å². The van der Waals surface area contributed by atoms with E-state index < -0.39 is 0 Å². The zero-order valence-electron chi connectivity index (χ0n) is 16.6. The van der Waals surface area contributed by atoms with Crippen LogP contribution in [0.3, 0.4) is 0 Å². The zero-order valence-corrected chi connectivity index (χ0v) is 17.4. The van der Waals surface area contributed by atoms with Crippen LogP contribution in [0.1, 0.15) is 49.0 Å². The maximum Gasteiger partial charge on any atom is 0.255 e. The van der Waals surface area contributed by atoms with Crippen LogP contribution in [-0.4, -0.2) is 38.7 Å². The Labute approximate surface area is 164 Å². The van der Waals surface area contributed by atoms with Gasteiger partial charge in [0.1, 0.15) is 0 Å². The summed E-state index contributed by atoms with van der Waals surface area (Å²) < 4.78 is 1.88. The molecule has 0 aromatic carbocycles. The molecule has 0 aliphatic heterocycles. The standard InChI is InChI=1S/C21H26N4OS/c1-7-24(12-13(2)3)21(26)16-10-18(19-9-8-15(6)27-19)23-20-17(16)11-22-25(20)14(4)5/h8-11,14H,2,7,12H2,1,3-6H3. The lowest BCUT2D eigenvalue weighted by Gasteiger charge is -2.21. The fourth-order valence-corrected chi connectivity index (χ4v) is 3.92. The van der Waals surface area contributed by atoms with Gasteiger partial charge < -0.3 is 4.90 Å². The topological polar surface area (TPSA) is 51.0 Å². The first-order valence-electron chi connectivity index (χ1n) is 9.20. The third kappa shape index (κ3) is 3.81. The number of hydrogen-bond acceptors (Lipinski definition) is 4. The quantitative estimate of drug-likeness (QED) is 0.558. The Morgan fingerprint density at radius 2 is 2.11 bits per heavy atom. The Balaban J connectivity index is 2.20. The predicted molar refractivity (Wildman–Crippen MR) is 112 cm³/mol. The summed E-state index contributed by atoms with van der Waals surface area (Å²) in [6.07, 6.45) is 1.76. The van der Waals surface area contributed by atoms with Crippen LogP contribution in [0.2, 0.25) is 0 Å². The summed E-state index contributed by atoms with van der Waals surface area (Å²) in [4.78, 5) is 22.3. The van der Waals surface area contributed by atoms with Crippen LogP contribution in [0.15, 0.2) is 36.5 Å². The molecule has 142 valence electrons. The molecule has 0 fully saturated rings. The molecule has 0 aliphatic carbocycles. The van der Waals surface area contributed by atoms with Crippen molar-refractivity contribution in [3.05, 3.63) is 47.0 Å². The normalized spacial score (nSPS) is 11.3. The van der Waals surface area contributed by atoms with Crippen molar-refractivity contribution in [1.82, 2.24) is 19.7 Å². The van der Waals surface area contributed by atoms with Gasteiger partial charge in [0, 0.05) is 24.0 Å². The van der Waals surface area contributed by atoms with Crippen LogP contribution < -0.4 is 0 Å². The van der Waals surface area contributed by atoms with Crippen molar-refractivity contribution >= 4 is 28.3 Å². The largest absolute Gasteiger partial charge is 0.335 e. The molecule has 0 unspecified atom stereocenters. The van der Waals surface area contributed by atoms with Crippen LogP contribution in [0, 0.1) is 6.92 Å². The van der Waals surface area contributed by atoms with Crippen LogP contribution in [0.4, 0.5) is 0 Å². The number of carbonyl (C=O) groups is 1. The molecule has 0 radical (unpaired) electrons. The predicted octanol–water partition coefficient (Wildman–Crippen LogP) is 5.09. The van der Waals surface area contributed by atoms with E-state index in [4.69, 9.17) is 4.98 Å². The molecule has 6 heteroatoms. The molecule has 0 saturated heterocycles. The van der Waals surface area contributed by atoms with Crippen LogP contribution in [0.5, 0.6) is 0 Å². The van der Waals surface area contributed by atoms with Crippen LogP contribution in [0.25, 0.3) is 21.6 Å². The zero-order chi connectivity index (χ0) is 19.7. The molecular weight excluding hydrogens is 356 g/mol. The number of amides is 1. The number of pyridine rings is 1. The van der Waals surface area contributed by atoms with Gasteiger partial charge in [-0.15, -0.1) is 11.3 Å². The van der Waals surface area contributed by atoms with E-state index in [1.807, 2.05) is 29.5 Å². The van der Waals surface area contributed by atoms with Crippen molar-refractivity contribution in [2.24, 2.45) is 0 Å². The minimum atomic E-state index is -0.00858. The molecule has 3 heterocycles. The highest BCUT2D eigenvalue weighted by Gasteiger charge is 2.22. The second-order valence-electron chi connectivity index (χ2n) is 7.16. The number of aryl methyl sites for hydroxylation is 1. The molecule has 3 aromatic rings. The third-order valence-electron chi connectivity index (χ3n) is 4.41. The molecule has 5 nitrogen and oxygen atoms in total. The number of carbonyl (C=O) groups excluding carboxylic acids is 1. The highest BCUT2D eigenvalue weighted by atomic mass is 32.1. The molecule has 0 spiro atoms. The Bertz CT molecular complexity index is 999. The van der Waals surface area contributed by atoms with Crippen molar-refractivity contribution in [1.29, 1.82) is 0 Å². The maximum atomic E-state index is 13.3. The summed E-state index contributed by atoms with van der Waals surface area (Å²) in [5.74, 6) is -0.00858. The van der Waals surface area contributed by atoms with Gasteiger partial charge in [-0.05, 0) is 52.8 Å². The van der Waals surface area contributed by atoms with E-state index in [1.165, 1.54) is 4.88 Å². The summed E-state index contributed by atoms with van der Waals surface area (Å²) >= 11 is 1.68. The van der Waals surface area contributed by atoms with E-state index in [1.54, 1.807) is 17.5 Å². The highest BCUT2D eigenvalue weighted by Crippen LogP contribution is 2.31. The summed E-state index contributed by atoms with van der Waals surface area (Å²) in [6, 6.07) is 6.20. The molecule has 3 aromatic heterocycles. The van der Waals surface area contributed by atoms with E-state index in [0.29, 0.717) is 18.7 Å². The van der Waals surface area contributed by atoms with Gasteiger partial charge in [-0.25, -0.2) is 9.67 Å². The molecule has 3 rings (SSSR count). The Morgan fingerprint density at radius 3 is 2.67 bits per heavy atom. The molecule has 1 amide bonds. The van der Waals surface area contributed by atoms with Crippen molar-refractivity contribution < 1.29 is 4.79 Å². The molecule has 0 bridgehead atoms. The lowest BCUT2D eigenvalue weighted by Crippen LogP contribution is -2.32. The SMILES string of the molecule is C=C(C)CN(CC)C(=O)c1cc(-c2ccc(C)s2)nc2c1cnn2C(C)C. The molecule has 0 saturated carbocycles. The van der Waals surface area contributed by atoms with E-state index in [0.717, 1.165) is 27.2 Å². The van der Waals surface area contributed by atoms with Gasteiger partial charge in [-0.1, -0.05) is 12.2 Å². The first-order chi connectivity index (χ1) is 12.8. The Kier molecular flexibility index (Phi) is 5.46. The van der Waals surface area contributed by atoms with Crippen molar-refractivity contribution in [3.8, 4) is 10.6 Å². The summed E-state index contributed by atoms with van der Waals surface area (Å²) in [6.45, 7) is 15.3. The number of nitrogens with zero attached hydrogens (tertiary/aromatic N) is 4. The van der Waals surface area contributed by atoms with E-state index in [-0.39, 0.29) is 11.9 Å². The Hall–Kier alpha value is -2.47. The average molecular weight is 383 g/mol.